The fourth-order valence-corrected chi connectivity index (χ4v) is 5.95. The molecule has 46 heavy (non-hydrogen) atoms. The Morgan fingerprint density at radius 3 is 2.04 bits per heavy atom. The van der Waals surface area contributed by atoms with Crippen molar-refractivity contribution in [2.45, 2.75) is 98.2 Å². The van der Waals surface area contributed by atoms with E-state index in [0.29, 0.717) is 31.7 Å². The number of rotatable bonds is 15. The average Bonchev–Trinajstić information content (AvgIpc) is 2.98. The van der Waals surface area contributed by atoms with Gasteiger partial charge in [-0.05, 0) is 109 Å². The summed E-state index contributed by atoms with van der Waals surface area (Å²) >= 11 is 0. The maximum Gasteiger partial charge on any atom is 0.338 e. The normalized spacial score (nSPS) is 12.1. The van der Waals surface area contributed by atoms with Crippen LogP contribution in [0.3, 0.4) is 0 Å². The molecule has 3 aromatic rings. The van der Waals surface area contributed by atoms with E-state index < -0.39 is 8.32 Å². The van der Waals surface area contributed by atoms with Crippen LogP contribution in [0.1, 0.15) is 90.6 Å². The zero-order valence-corrected chi connectivity index (χ0v) is 30.8. The molecule has 0 unspecified atom stereocenters. The van der Waals surface area contributed by atoms with Crippen LogP contribution in [0.25, 0.3) is 22.3 Å². The summed E-state index contributed by atoms with van der Waals surface area (Å²) in [5.74, 6) is 0.677. The summed E-state index contributed by atoms with van der Waals surface area (Å²) in [7, 11) is -1.76. The predicted molar refractivity (Wildman–Crippen MR) is 194 cm³/mol. The van der Waals surface area contributed by atoms with Crippen LogP contribution in [0.4, 0.5) is 5.69 Å². The number of anilines is 1. The Morgan fingerprint density at radius 2 is 1.43 bits per heavy atom. The molecular weight excluding hydrogens is 591 g/mol. The molecule has 3 rings (SSSR count). The molecule has 0 saturated heterocycles. The standard InChI is InChI=1S/C39H55NO5Si/c1-11-43-37(42)30-16-14-29(15-17-30)31-19-21-36(44-24-12-13-25-45-46(9,10)39(6,7)8)33(26-31)32-18-20-35(40-23-22-28(2)41)34(27-32)38(3,4)5/h14-21,26-27,40H,11-13,22-25H2,1-10H3. The van der Waals surface area contributed by atoms with E-state index >= 15 is 0 Å². The molecule has 0 heterocycles. The van der Waals surface area contributed by atoms with E-state index in [9.17, 15) is 9.59 Å². The molecule has 6 nitrogen and oxygen atoms in total. The number of Topliss-reactive ketones (excluding diaryl/α,β-unsaturated/α-hetero) is 1. The van der Waals surface area contributed by atoms with E-state index in [4.69, 9.17) is 13.9 Å². The minimum Gasteiger partial charge on any atom is -0.493 e. The number of ether oxygens (including phenoxy) is 2. The summed E-state index contributed by atoms with van der Waals surface area (Å²) in [4.78, 5) is 23.8. The Labute approximate surface area is 278 Å². The van der Waals surface area contributed by atoms with Crippen molar-refractivity contribution in [3.05, 3.63) is 71.8 Å². The first-order valence-electron chi connectivity index (χ1n) is 16.6. The van der Waals surface area contributed by atoms with E-state index in [1.54, 1.807) is 13.8 Å². The van der Waals surface area contributed by atoms with E-state index in [-0.39, 0.29) is 22.2 Å². The van der Waals surface area contributed by atoms with Crippen LogP contribution in [0.5, 0.6) is 5.75 Å². The first-order chi connectivity index (χ1) is 21.5. The molecule has 0 amide bonds. The minimum absolute atomic E-state index is 0.125. The van der Waals surface area contributed by atoms with Gasteiger partial charge < -0.3 is 19.2 Å². The summed E-state index contributed by atoms with van der Waals surface area (Å²) in [6.07, 6.45) is 2.33. The van der Waals surface area contributed by atoms with Crippen molar-refractivity contribution in [1.82, 2.24) is 0 Å². The number of hydrogen-bond donors (Lipinski definition) is 1. The second-order valence-electron chi connectivity index (χ2n) is 14.6. The Bertz CT molecular complexity index is 1470. The van der Waals surface area contributed by atoms with Gasteiger partial charge in [-0.15, -0.1) is 0 Å². The second kappa shape index (κ2) is 15.9. The van der Waals surface area contributed by atoms with Gasteiger partial charge in [0.05, 0.1) is 18.8 Å². The molecule has 250 valence electrons. The molecule has 0 bridgehead atoms. The van der Waals surface area contributed by atoms with E-state index in [2.05, 4.69) is 90.3 Å². The van der Waals surface area contributed by atoms with E-state index in [1.807, 2.05) is 30.3 Å². The van der Waals surface area contributed by atoms with Crippen molar-refractivity contribution >= 4 is 25.8 Å². The lowest BCUT2D eigenvalue weighted by Crippen LogP contribution is -2.41. The van der Waals surface area contributed by atoms with Gasteiger partial charge in [0.2, 0.25) is 0 Å². The van der Waals surface area contributed by atoms with Crippen LogP contribution in [0, 0.1) is 0 Å². The molecule has 0 aromatic heterocycles. The first-order valence-corrected chi connectivity index (χ1v) is 19.5. The molecule has 0 aliphatic heterocycles. The first kappa shape index (κ1) is 37.0. The summed E-state index contributed by atoms with van der Waals surface area (Å²) < 4.78 is 18.0. The predicted octanol–water partition coefficient (Wildman–Crippen LogP) is 10.1. The summed E-state index contributed by atoms with van der Waals surface area (Å²) in [6.45, 7) is 23.7. The fourth-order valence-electron chi connectivity index (χ4n) is 4.86. The highest BCUT2D eigenvalue weighted by Gasteiger charge is 2.36. The smallest absolute Gasteiger partial charge is 0.338 e. The zero-order chi connectivity index (χ0) is 34.1. The van der Waals surface area contributed by atoms with Gasteiger partial charge in [-0.3, -0.25) is 4.79 Å². The number of carbonyl (C=O) groups is 2. The monoisotopic (exact) mass is 645 g/mol. The summed E-state index contributed by atoms with van der Waals surface area (Å²) in [5.41, 5.74) is 6.71. The highest BCUT2D eigenvalue weighted by Crippen LogP contribution is 2.39. The highest BCUT2D eigenvalue weighted by molar-refractivity contribution is 6.74. The third-order valence-corrected chi connectivity index (χ3v) is 13.2. The summed E-state index contributed by atoms with van der Waals surface area (Å²) in [5, 5.41) is 3.68. The van der Waals surface area contributed by atoms with Crippen molar-refractivity contribution in [2.24, 2.45) is 0 Å². The Morgan fingerprint density at radius 1 is 0.804 bits per heavy atom. The molecular formula is C39H55NO5Si. The lowest BCUT2D eigenvalue weighted by molar-refractivity contribution is -0.116. The van der Waals surface area contributed by atoms with E-state index in [0.717, 1.165) is 53.1 Å². The third kappa shape index (κ3) is 10.3. The quantitative estimate of drug-likeness (QED) is 0.101. The molecule has 3 aromatic carbocycles. The van der Waals surface area contributed by atoms with Crippen LogP contribution >= 0.6 is 0 Å². The SMILES string of the molecule is CCOC(=O)c1ccc(-c2ccc(OCCCCO[Si](C)(C)C(C)(C)C)c(-c3ccc(NCCC(C)=O)c(C(C)(C)C)c3)c2)cc1. The van der Waals surface area contributed by atoms with Gasteiger partial charge in [0.25, 0.3) is 0 Å². The lowest BCUT2D eigenvalue weighted by Gasteiger charge is -2.36. The number of unbranched alkanes of at least 4 members (excludes halogenated alkanes) is 1. The van der Waals surface area contributed by atoms with Gasteiger partial charge in [0.1, 0.15) is 11.5 Å². The number of benzene rings is 3. The van der Waals surface area contributed by atoms with E-state index in [1.165, 1.54) is 5.56 Å². The largest absolute Gasteiger partial charge is 0.493 e. The highest BCUT2D eigenvalue weighted by atomic mass is 28.4. The van der Waals surface area contributed by atoms with Crippen molar-refractivity contribution in [3.63, 3.8) is 0 Å². The van der Waals surface area contributed by atoms with Gasteiger partial charge in [-0.1, -0.05) is 65.8 Å². The maximum absolute atomic E-state index is 12.2. The molecule has 0 aliphatic carbocycles. The molecule has 0 spiro atoms. The fraction of sp³-hybridized carbons (Fsp3) is 0.487. The van der Waals surface area contributed by atoms with Gasteiger partial charge in [0.15, 0.2) is 8.32 Å². The lowest BCUT2D eigenvalue weighted by atomic mass is 9.83. The van der Waals surface area contributed by atoms with Crippen molar-refractivity contribution in [1.29, 1.82) is 0 Å². The van der Waals surface area contributed by atoms with Gasteiger partial charge in [-0.2, -0.15) is 0 Å². The molecule has 0 aliphatic rings. The van der Waals surface area contributed by atoms with Crippen LogP contribution in [0.2, 0.25) is 18.1 Å². The molecule has 1 N–H and O–H groups in total. The van der Waals surface area contributed by atoms with Gasteiger partial charge >= 0.3 is 5.97 Å². The average molecular weight is 646 g/mol. The van der Waals surface area contributed by atoms with Crippen LogP contribution in [-0.2, 0) is 19.4 Å². The van der Waals surface area contributed by atoms with Crippen molar-refractivity contribution in [3.8, 4) is 28.0 Å². The van der Waals surface area contributed by atoms with Crippen LogP contribution < -0.4 is 10.1 Å². The number of hydrogen-bond acceptors (Lipinski definition) is 6. The summed E-state index contributed by atoms with van der Waals surface area (Å²) in [6, 6.07) is 20.3. The minimum atomic E-state index is -1.76. The Balaban J connectivity index is 1.91. The number of carbonyl (C=O) groups excluding carboxylic acids is 2. The third-order valence-electron chi connectivity index (χ3n) is 8.71. The maximum atomic E-state index is 12.2. The molecule has 7 heteroatoms. The van der Waals surface area contributed by atoms with Crippen molar-refractivity contribution < 1.29 is 23.5 Å². The zero-order valence-electron chi connectivity index (χ0n) is 29.8. The Kier molecular flexibility index (Phi) is 12.8. The number of esters is 1. The molecule has 0 fully saturated rings. The second-order valence-corrected chi connectivity index (χ2v) is 19.4. The molecule has 0 radical (unpaired) electrons. The van der Waals surface area contributed by atoms with Gasteiger partial charge in [0, 0.05) is 30.8 Å². The molecule has 0 atom stereocenters. The van der Waals surface area contributed by atoms with Crippen LogP contribution in [-0.4, -0.2) is 46.4 Å². The number of nitrogens with one attached hydrogen (secondary N) is 1. The Hall–Kier alpha value is -3.42. The van der Waals surface area contributed by atoms with Gasteiger partial charge in [-0.25, -0.2) is 4.79 Å². The topological polar surface area (TPSA) is 73.9 Å². The molecule has 0 saturated carbocycles. The van der Waals surface area contributed by atoms with Crippen LogP contribution in [0.15, 0.2) is 60.7 Å². The van der Waals surface area contributed by atoms with Crippen molar-refractivity contribution in [2.75, 3.05) is 31.7 Å². The number of ketones is 1.